The van der Waals surface area contributed by atoms with Gasteiger partial charge in [0.05, 0.1) is 4.47 Å². The van der Waals surface area contributed by atoms with Gasteiger partial charge in [0.2, 0.25) is 0 Å². The Morgan fingerprint density at radius 1 is 0.864 bits per heavy atom. The maximum Gasteiger partial charge on any atom is 0.149 e. The van der Waals surface area contributed by atoms with Gasteiger partial charge >= 0.3 is 0 Å². The zero-order chi connectivity index (χ0) is 14.7. The van der Waals surface area contributed by atoms with Crippen molar-refractivity contribution in [2.24, 2.45) is 0 Å². The summed E-state index contributed by atoms with van der Waals surface area (Å²) in [4.78, 5) is 0. The van der Waals surface area contributed by atoms with Crippen LogP contribution in [0.25, 0.3) is 33.1 Å². The summed E-state index contributed by atoms with van der Waals surface area (Å²) in [5.41, 5.74) is 7.49. The van der Waals surface area contributed by atoms with E-state index in [0.717, 1.165) is 28.5 Å². The van der Waals surface area contributed by atoms with E-state index in [1.165, 1.54) is 33.0 Å². The lowest BCUT2D eigenvalue weighted by molar-refractivity contribution is 0.666. The molecule has 0 atom stereocenters. The lowest BCUT2D eigenvalue weighted by Crippen LogP contribution is -2.04. The highest BCUT2D eigenvalue weighted by Crippen LogP contribution is 2.44. The second kappa shape index (κ2) is 4.47. The molecule has 106 valence electrons. The summed E-state index contributed by atoms with van der Waals surface area (Å²) in [5, 5.41) is 2.49. The summed E-state index contributed by atoms with van der Waals surface area (Å²) in [6.45, 7) is 0. The van der Waals surface area contributed by atoms with Gasteiger partial charge in [-0.25, -0.2) is 0 Å². The SMILES string of the molecule is Brc1cc2c(c3c1oc1ccccc13)CCc1ccccc1-2. The first kappa shape index (κ1) is 12.5. The third kappa shape index (κ3) is 1.59. The number of para-hydroxylation sites is 1. The third-order valence-corrected chi connectivity index (χ3v) is 5.25. The van der Waals surface area contributed by atoms with Crippen molar-refractivity contribution < 1.29 is 4.42 Å². The van der Waals surface area contributed by atoms with E-state index in [-0.39, 0.29) is 0 Å². The second-order valence-electron chi connectivity index (χ2n) is 5.84. The summed E-state index contributed by atoms with van der Waals surface area (Å²) >= 11 is 3.71. The number of hydrogen-bond donors (Lipinski definition) is 0. The number of halogens is 1. The van der Waals surface area contributed by atoms with Gasteiger partial charge in [0.15, 0.2) is 0 Å². The normalized spacial score (nSPS) is 13.3. The van der Waals surface area contributed by atoms with Gasteiger partial charge in [-0.3, -0.25) is 0 Å². The average Bonchev–Trinajstić information content (AvgIpc) is 2.95. The van der Waals surface area contributed by atoms with E-state index in [2.05, 4.69) is 58.4 Å². The van der Waals surface area contributed by atoms with Crippen LogP contribution in [-0.2, 0) is 12.8 Å². The molecule has 0 unspecified atom stereocenters. The monoisotopic (exact) mass is 348 g/mol. The molecule has 0 bridgehead atoms. The molecule has 1 aliphatic carbocycles. The van der Waals surface area contributed by atoms with Crippen LogP contribution in [0, 0.1) is 0 Å². The number of fused-ring (bicyclic) bond motifs is 7. The molecule has 0 fully saturated rings. The molecule has 0 radical (unpaired) electrons. The quantitative estimate of drug-likeness (QED) is 0.373. The minimum absolute atomic E-state index is 0.963. The van der Waals surface area contributed by atoms with Crippen LogP contribution in [0.2, 0.25) is 0 Å². The van der Waals surface area contributed by atoms with Gasteiger partial charge in [0, 0.05) is 10.8 Å². The highest BCUT2D eigenvalue weighted by atomic mass is 79.9. The van der Waals surface area contributed by atoms with Crippen LogP contribution in [0.1, 0.15) is 11.1 Å². The van der Waals surface area contributed by atoms with Crippen LogP contribution in [-0.4, -0.2) is 0 Å². The summed E-state index contributed by atoms with van der Waals surface area (Å²) in [5.74, 6) is 0. The Kier molecular flexibility index (Phi) is 2.53. The molecule has 1 nitrogen and oxygen atoms in total. The Balaban J connectivity index is 1.98. The Labute approximate surface area is 136 Å². The molecule has 4 aromatic rings. The molecule has 1 heterocycles. The fourth-order valence-corrected chi connectivity index (χ4v) is 4.20. The Bertz CT molecular complexity index is 1040. The first-order chi connectivity index (χ1) is 10.8. The molecule has 1 aromatic heterocycles. The first-order valence-corrected chi connectivity index (χ1v) is 8.33. The van der Waals surface area contributed by atoms with Gasteiger partial charge in [-0.2, -0.15) is 0 Å². The second-order valence-corrected chi connectivity index (χ2v) is 6.70. The smallest absolute Gasteiger partial charge is 0.149 e. The lowest BCUT2D eigenvalue weighted by atomic mass is 9.83. The summed E-state index contributed by atoms with van der Waals surface area (Å²) < 4.78 is 7.13. The summed E-state index contributed by atoms with van der Waals surface area (Å²) in [6, 6.07) is 19.3. The molecule has 1 aliphatic rings. The Morgan fingerprint density at radius 2 is 1.68 bits per heavy atom. The van der Waals surface area contributed by atoms with Crippen LogP contribution in [0.5, 0.6) is 0 Å². The van der Waals surface area contributed by atoms with E-state index in [1.807, 2.05) is 12.1 Å². The van der Waals surface area contributed by atoms with Gasteiger partial charge in [-0.15, -0.1) is 0 Å². The maximum absolute atomic E-state index is 6.09. The Hall–Kier alpha value is -2.06. The topological polar surface area (TPSA) is 13.1 Å². The fraction of sp³-hybridized carbons (Fsp3) is 0.100. The standard InChI is InChI=1S/C20H13BrO/c21-17-11-16-13-6-2-1-5-12(13)9-10-14(16)19-15-7-3-4-8-18(15)22-20(17)19/h1-8,11H,9-10H2. The van der Waals surface area contributed by atoms with Crippen molar-refractivity contribution in [1.82, 2.24) is 0 Å². The zero-order valence-corrected chi connectivity index (χ0v) is 13.5. The molecular formula is C20H13BrO. The minimum Gasteiger partial charge on any atom is -0.455 e. The molecule has 0 saturated carbocycles. The summed E-state index contributed by atoms with van der Waals surface area (Å²) in [7, 11) is 0. The number of rotatable bonds is 0. The van der Waals surface area contributed by atoms with E-state index in [9.17, 15) is 0 Å². The predicted molar refractivity (Wildman–Crippen MR) is 94.3 cm³/mol. The molecule has 0 amide bonds. The van der Waals surface area contributed by atoms with Crippen molar-refractivity contribution in [2.45, 2.75) is 12.8 Å². The molecule has 0 N–H and O–H groups in total. The predicted octanol–water partition coefficient (Wildman–Crippen LogP) is 6.11. The van der Waals surface area contributed by atoms with E-state index in [4.69, 9.17) is 4.42 Å². The molecule has 0 aliphatic heterocycles. The average molecular weight is 349 g/mol. The van der Waals surface area contributed by atoms with Crippen LogP contribution < -0.4 is 0 Å². The van der Waals surface area contributed by atoms with E-state index in [1.54, 1.807) is 0 Å². The highest BCUT2D eigenvalue weighted by Gasteiger charge is 2.22. The third-order valence-electron chi connectivity index (χ3n) is 4.66. The van der Waals surface area contributed by atoms with Gasteiger partial charge in [0.25, 0.3) is 0 Å². The molecule has 5 rings (SSSR count). The van der Waals surface area contributed by atoms with Gasteiger partial charge < -0.3 is 4.42 Å². The van der Waals surface area contributed by atoms with Crippen molar-refractivity contribution in [3.63, 3.8) is 0 Å². The van der Waals surface area contributed by atoms with Crippen molar-refractivity contribution in [1.29, 1.82) is 0 Å². The van der Waals surface area contributed by atoms with Crippen molar-refractivity contribution >= 4 is 37.9 Å². The minimum atomic E-state index is 0.963. The molecule has 0 spiro atoms. The number of benzene rings is 3. The first-order valence-electron chi connectivity index (χ1n) is 7.54. The van der Waals surface area contributed by atoms with E-state index in [0.29, 0.717) is 0 Å². The van der Waals surface area contributed by atoms with Crippen molar-refractivity contribution in [3.05, 3.63) is 70.2 Å². The maximum atomic E-state index is 6.09. The highest BCUT2D eigenvalue weighted by molar-refractivity contribution is 9.10. The van der Waals surface area contributed by atoms with Crippen LogP contribution in [0.15, 0.2) is 63.5 Å². The molecule has 3 aromatic carbocycles. The van der Waals surface area contributed by atoms with Crippen molar-refractivity contribution in [3.8, 4) is 11.1 Å². The molecular weight excluding hydrogens is 336 g/mol. The van der Waals surface area contributed by atoms with Crippen LogP contribution in [0.3, 0.4) is 0 Å². The zero-order valence-electron chi connectivity index (χ0n) is 11.9. The number of hydrogen-bond acceptors (Lipinski definition) is 1. The van der Waals surface area contributed by atoms with E-state index < -0.39 is 0 Å². The van der Waals surface area contributed by atoms with Crippen LogP contribution in [0.4, 0.5) is 0 Å². The van der Waals surface area contributed by atoms with Crippen molar-refractivity contribution in [2.75, 3.05) is 0 Å². The van der Waals surface area contributed by atoms with Gasteiger partial charge in [-0.1, -0.05) is 42.5 Å². The largest absolute Gasteiger partial charge is 0.455 e. The molecule has 2 heteroatoms. The Morgan fingerprint density at radius 3 is 2.64 bits per heavy atom. The lowest BCUT2D eigenvalue weighted by Gasteiger charge is -2.21. The molecule has 0 saturated heterocycles. The van der Waals surface area contributed by atoms with Gasteiger partial charge in [0.1, 0.15) is 11.2 Å². The van der Waals surface area contributed by atoms with Gasteiger partial charge in [-0.05, 0) is 63.2 Å². The number of aryl methyl sites for hydroxylation is 2. The molecule has 22 heavy (non-hydrogen) atoms. The van der Waals surface area contributed by atoms with Crippen LogP contribution >= 0.6 is 15.9 Å². The number of furan rings is 1. The van der Waals surface area contributed by atoms with E-state index >= 15 is 0 Å². The summed E-state index contributed by atoms with van der Waals surface area (Å²) in [6.07, 6.45) is 2.17. The fourth-order valence-electron chi connectivity index (χ4n) is 3.69.